The second kappa shape index (κ2) is 216. The van der Waals surface area contributed by atoms with E-state index in [9.17, 15) is 0 Å². The first kappa shape index (κ1) is 45.1. The first-order valence-corrected chi connectivity index (χ1v) is 6.76. The summed E-state index contributed by atoms with van der Waals surface area (Å²) in [5, 5.41) is 25.0. The molecule has 0 aromatic carbocycles. The summed E-state index contributed by atoms with van der Waals surface area (Å²) in [6, 6.07) is 0. The second-order valence-corrected chi connectivity index (χ2v) is 3.33. The average Bonchev–Trinajstić information content (AvgIpc) is 2.18. The van der Waals surface area contributed by atoms with Gasteiger partial charge in [0.15, 0.2) is 0 Å². The third kappa shape index (κ3) is 362. The third-order valence-electron chi connectivity index (χ3n) is 0. The smallest absolute Gasteiger partial charge is 1.00 e. The predicted octanol–water partition coefficient (Wildman–Crippen LogP) is -4.23. The zero-order valence-electron chi connectivity index (χ0n) is 6.86. The van der Waals surface area contributed by atoms with Crippen molar-refractivity contribution in [1.29, 1.82) is 21.0 Å². The van der Waals surface area contributed by atoms with Crippen LogP contribution < -0.4 is 103 Å². The van der Waals surface area contributed by atoms with E-state index in [1.54, 1.807) is 0 Å². The van der Waals surface area contributed by atoms with Crippen LogP contribution in [0.5, 0.6) is 0 Å². The summed E-state index contributed by atoms with van der Waals surface area (Å²) in [5.41, 5.74) is 0. The molecule has 0 aromatic heterocycles. The fraction of sp³-hybridized carbons (Fsp3) is 0. The molecule has 0 N–H and O–H groups in total. The molecule has 0 unspecified atom stereocenters. The normalized spacial score (nSPS) is 2.31. The van der Waals surface area contributed by atoms with Gasteiger partial charge in [0.25, 0.3) is 0 Å². The van der Waals surface area contributed by atoms with Gasteiger partial charge in [0, 0.05) is 0 Å². The SMILES string of the molecule is [C-]#N.[C-]#N.[C-]#N.[C-]#N.[Cl][Pt+2][Cl].[K+].[K+]. The fourth-order valence-corrected chi connectivity index (χ4v) is 0. The molecule has 0 fully saturated rings. The Morgan fingerprint density at radius 3 is 0.615 bits per heavy atom. The van der Waals surface area contributed by atoms with Gasteiger partial charge in [-0.25, -0.2) is 0 Å². The van der Waals surface area contributed by atoms with Crippen LogP contribution in [0.3, 0.4) is 0 Å². The Morgan fingerprint density at radius 1 is 0.615 bits per heavy atom. The van der Waals surface area contributed by atoms with Crippen LogP contribution in [0.15, 0.2) is 0 Å². The van der Waals surface area contributed by atoms with Crippen LogP contribution in [-0.2, 0) is 16.5 Å². The molecule has 0 aliphatic rings. The van der Waals surface area contributed by atoms with Crippen LogP contribution >= 0.6 is 18.8 Å². The molecule has 0 atom stereocenters. The van der Waals surface area contributed by atoms with Crippen molar-refractivity contribution < 1.29 is 119 Å². The van der Waals surface area contributed by atoms with Gasteiger partial charge >= 0.3 is 138 Å². The summed E-state index contributed by atoms with van der Waals surface area (Å²) in [7, 11) is 9.75. The molecule has 0 aliphatic heterocycles. The minimum atomic E-state index is -0.472. The van der Waals surface area contributed by atoms with Gasteiger partial charge in [-0.1, -0.05) is 0 Å². The van der Waals surface area contributed by atoms with E-state index in [0.717, 1.165) is 0 Å². The van der Waals surface area contributed by atoms with Crippen molar-refractivity contribution in [2.24, 2.45) is 0 Å². The molecule has 13 heavy (non-hydrogen) atoms. The van der Waals surface area contributed by atoms with E-state index >= 15 is 0 Å². The van der Waals surface area contributed by atoms with E-state index in [1.807, 2.05) is 0 Å². The fourth-order valence-electron chi connectivity index (χ4n) is 0. The first-order chi connectivity index (χ1) is 5.41. The maximum atomic E-state index is 6.25. The first-order valence-electron chi connectivity index (χ1n) is 1.13. The summed E-state index contributed by atoms with van der Waals surface area (Å²) in [6.45, 7) is 19.0. The van der Waals surface area contributed by atoms with E-state index in [4.69, 9.17) is 66.2 Å². The van der Waals surface area contributed by atoms with Gasteiger partial charge in [-0.05, 0) is 0 Å². The molecule has 0 radical (unpaired) electrons. The van der Waals surface area contributed by atoms with Gasteiger partial charge in [-0.3, -0.25) is 0 Å². The number of nitrogens with zero attached hydrogens (tertiary/aromatic N) is 4. The van der Waals surface area contributed by atoms with Crippen molar-refractivity contribution >= 4 is 18.8 Å². The largest absolute Gasteiger partial charge is 1.00 e. The molecule has 62 valence electrons. The number of hydrogen-bond acceptors (Lipinski definition) is 4. The standard InChI is InChI=1S/4CN.2ClH.2K.Pt/c4*1-2;;;;;/h;;;;2*1H;;;/q4*-1;;;2*+1;+4/p-2. The van der Waals surface area contributed by atoms with Crippen LogP contribution in [0, 0.1) is 47.3 Å². The molecular weight excluding hydrogens is 448 g/mol. The Balaban J connectivity index is -0.00000000676. The molecule has 0 spiro atoms. The minimum absolute atomic E-state index is 0. The third-order valence-corrected chi connectivity index (χ3v) is 0. The van der Waals surface area contributed by atoms with Gasteiger partial charge in [-0.2, -0.15) is 0 Å². The Kier molecular flexibility index (Phi) is 748. The van der Waals surface area contributed by atoms with E-state index in [0.29, 0.717) is 0 Å². The van der Waals surface area contributed by atoms with Gasteiger partial charge < -0.3 is 47.3 Å². The molecule has 9 heteroatoms. The summed E-state index contributed by atoms with van der Waals surface area (Å²) in [6.07, 6.45) is 0. The zero-order valence-corrected chi connectivity index (χ0v) is 16.9. The van der Waals surface area contributed by atoms with Gasteiger partial charge in [0.05, 0.1) is 0 Å². The molecule has 0 saturated carbocycles. The van der Waals surface area contributed by atoms with Crippen molar-refractivity contribution in [2.75, 3.05) is 0 Å². The summed E-state index contributed by atoms with van der Waals surface area (Å²) >= 11 is -0.472. The van der Waals surface area contributed by atoms with Crippen molar-refractivity contribution in [3.05, 3.63) is 26.3 Å². The monoisotopic (exact) mass is 447 g/mol. The molecule has 0 amide bonds. The molecule has 0 aromatic rings. The van der Waals surface area contributed by atoms with Crippen LogP contribution in [0.1, 0.15) is 0 Å². The molecular formula is C4Cl2K2N4Pt. The average molecular weight is 448 g/mol. The maximum absolute atomic E-state index is 6.25. The van der Waals surface area contributed by atoms with E-state index in [-0.39, 0.29) is 103 Å². The summed E-state index contributed by atoms with van der Waals surface area (Å²) in [5.74, 6) is 0. The van der Waals surface area contributed by atoms with E-state index in [2.05, 4.69) is 0 Å². The number of hydrogen-bond donors (Lipinski definition) is 0. The molecule has 0 aliphatic carbocycles. The topological polar surface area (TPSA) is 95.2 Å². The molecule has 0 saturated heterocycles. The van der Waals surface area contributed by atoms with E-state index in [1.165, 1.54) is 0 Å². The zero-order chi connectivity index (χ0) is 10.7. The van der Waals surface area contributed by atoms with Crippen LogP contribution in [0.25, 0.3) is 0 Å². The molecule has 0 bridgehead atoms. The second-order valence-electron chi connectivity index (χ2n) is 0.0452. The Labute approximate surface area is 180 Å². The maximum Gasteiger partial charge on any atom is 1.00 e. The van der Waals surface area contributed by atoms with Crippen LogP contribution in [0.4, 0.5) is 0 Å². The van der Waals surface area contributed by atoms with Crippen molar-refractivity contribution in [2.45, 2.75) is 0 Å². The van der Waals surface area contributed by atoms with Gasteiger partial charge in [-0.15, -0.1) is 0 Å². The van der Waals surface area contributed by atoms with Gasteiger partial charge in [0.1, 0.15) is 0 Å². The van der Waals surface area contributed by atoms with Crippen molar-refractivity contribution in [3.63, 3.8) is 0 Å². The van der Waals surface area contributed by atoms with Crippen LogP contribution in [-0.4, -0.2) is 0 Å². The Bertz CT molecular complexity index is 81.3. The van der Waals surface area contributed by atoms with Gasteiger partial charge in [0.2, 0.25) is 0 Å². The number of halogens is 2. The van der Waals surface area contributed by atoms with Crippen LogP contribution in [0.2, 0.25) is 0 Å². The Hall–Kier alpha value is 2.50. The van der Waals surface area contributed by atoms with Crippen molar-refractivity contribution in [1.82, 2.24) is 0 Å². The Morgan fingerprint density at radius 2 is 0.615 bits per heavy atom. The van der Waals surface area contributed by atoms with Crippen molar-refractivity contribution in [3.8, 4) is 0 Å². The summed E-state index contributed by atoms with van der Waals surface area (Å²) in [4.78, 5) is 0. The number of rotatable bonds is 0. The minimum Gasteiger partial charge on any atom is 1.00 e. The molecule has 4 nitrogen and oxygen atoms in total. The summed E-state index contributed by atoms with van der Waals surface area (Å²) < 4.78 is 0. The van der Waals surface area contributed by atoms with E-state index < -0.39 is 16.5 Å². The predicted molar refractivity (Wildman–Crippen MR) is 31.6 cm³/mol. The molecule has 0 heterocycles. The molecule has 0 rings (SSSR count). The quantitative estimate of drug-likeness (QED) is 0.277.